The number of likely N-dealkylation sites (N-methyl/N-ethyl adjacent to an activating group) is 1. The molecule has 1 unspecified atom stereocenters. The Hall–Kier alpha value is -2.33. The molecule has 0 saturated carbocycles. The van der Waals surface area contributed by atoms with Gasteiger partial charge in [-0.2, -0.15) is 0 Å². The number of carbonyl (C=O) groups excluding carboxylic acids is 1. The van der Waals surface area contributed by atoms with Gasteiger partial charge >= 0.3 is 0 Å². The Kier molecular flexibility index (Phi) is 5.77. The predicted molar refractivity (Wildman–Crippen MR) is 95.4 cm³/mol. The summed E-state index contributed by atoms with van der Waals surface area (Å²) in [5, 5.41) is 2.99. The van der Waals surface area contributed by atoms with E-state index in [2.05, 4.69) is 41.4 Å². The fraction of sp³-hybridized carbons (Fsp3) is 0.316. The second-order valence-electron chi connectivity index (χ2n) is 5.87. The van der Waals surface area contributed by atoms with Gasteiger partial charge in [0.05, 0.1) is 11.6 Å². The minimum absolute atomic E-state index is 0.120. The molecule has 3 N–H and O–H groups in total. The molecular weight excluding hydrogens is 286 g/mol. The van der Waals surface area contributed by atoms with Crippen molar-refractivity contribution in [3.8, 4) is 0 Å². The van der Waals surface area contributed by atoms with E-state index < -0.39 is 0 Å². The first kappa shape index (κ1) is 17.0. The molecule has 2 aromatic rings. The standard InChI is InChI=1S/C19H25N3O/c1-4-14-9-11-15(12-10-14)18(22(2)3)13-21-19(23)16-7-5-6-8-17(16)20/h5-12,18H,4,13,20H2,1-3H3,(H,21,23). The van der Waals surface area contributed by atoms with Crippen molar-refractivity contribution < 1.29 is 4.79 Å². The fourth-order valence-corrected chi connectivity index (χ4v) is 2.56. The minimum Gasteiger partial charge on any atom is -0.398 e. The number of nitrogens with zero attached hydrogens (tertiary/aromatic N) is 1. The molecule has 0 aliphatic rings. The van der Waals surface area contributed by atoms with Gasteiger partial charge < -0.3 is 16.0 Å². The van der Waals surface area contributed by atoms with Gasteiger partial charge in [0.15, 0.2) is 0 Å². The summed E-state index contributed by atoms with van der Waals surface area (Å²) in [5.74, 6) is -0.139. The van der Waals surface area contributed by atoms with Crippen LogP contribution in [-0.4, -0.2) is 31.4 Å². The van der Waals surface area contributed by atoms with E-state index in [9.17, 15) is 4.79 Å². The van der Waals surface area contributed by atoms with Crippen LogP contribution in [0.1, 0.15) is 34.5 Å². The number of hydrogen-bond acceptors (Lipinski definition) is 3. The van der Waals surface area contributed by atoms with Crippen LogP contribution >= 0.6 is 0 Å². The third-order valence-corrected chi connectivity index (χ3v) is 4.06. The van der Waals surface area contributed by atoms with Crippen molar-refractivity contribution in [3.63, 3.8) is 0 Å². The molecule has 122 valence electrons. The lowest BCUT2D eigenvalue weighted by atomic mass is 10.0. The van der Waals surface area contributed by atoms with Crippen LogP contribution in [0.5, 0.6) is 0 Å². The maximum atomic E-state index is 12.3. The molecule has 0 aromatic heterocycles. The lowest BCUT2D eigenvalue weighted by Crippen LogP contribution is -2.34. The summed E-state index contributed by atoms with van der Waals surface area (Å²) in [6, 6.07) is 15.8. The number of para-hydroxylation sites is 1. The number of hydrogen-bond donors (Lipinski definition) is 2. The first-order valence-corrected chi connectivity index (χ1v) is 7.91. The molecule has 0 bridgehead atoms. The van der Waals surface area contributed by atoms with Crippen LogP contribution in [0.4, 0.5) is 5.69 Å². The number of nitrogen functional groups attached to an aromatic ring is 1. The van der Waals surface area contributed by atoms with Crippen LogP contribution in [0.3, 0.4) is 0 Å². The van der Waals surface area contributed by atoms with Crippen molar-refractivity contribution in [2.75, 3.05) is 26.4 Å². The molecule has 23 heavy (non-hydrogen) atoms. The van der Waals surface area contributed by atoms with Gasteiger partial charge in [-0.1, -0.05) is 43.3 Å². The van der Waals surface area contributed by atoms with Gasteiger partial charge in [-0.05, 0) is 43.8 Å². The molecule has 0 spiro atoms. The molecule has 0 heterocycles. The van der Waals surface area contributed by atoms with Gasteiger partial charge in [0, 0.05) is 12.2 Å². The topological polar surface area (TPSA) is 58.4 Å². The molecule has 1 atom stereocenters. The highest BCUT2D eigenvalue weighted by Crippen LogP contribution is 2.19. The molecule has 4 heteroatoms. The lowest BCUT2D eigenvalue weighted by molar-refractivity contribution is 0.0943. The zero-order chi connectivity index (χ0) is 16.8. The maximum Gasteiger partial charge on any atom is 0.253 e. The normalized spacial score (nSPS) is 12.2. The molecule has 0 aliphatic carbocycles. The minimum atomic E-state index is -0.139. The Balaban J connectivity index is 2.08. The SMILES string of the molecule is CCc1ccc(C(CNC(=O)c2ccccc2N)N(C)C)cc1. The molecule has 2 aromatic carbocycles. The molecule has 2 rings (SSSR count). The number of anilines is 1. The smallest absolute Gasteiger partial charge is 0.253 e. The molecule has 0 saturated heterocycles. The van der Waals surface area contributed by atoms with Gasteiger partial charge in [-0.3, -0.25) is 4.79 Å². The Labute approximate surface area is 138 Å². The molecule has 0 fully saturated rings. The number of benzene rings is 2. The summed E-state index contributed by atoms with van der Waals surface area (Å²) in [7, 11) is 4.03. The Morgan fingerprint density at radius 1 is 1.13 bits per heavy atom. The fourth-order valence-electron chi connectivity index (χ4n) is 2.56. The second-order valence-corrected chi connectivity index (χ2v) is 5.87. The molecule has 0 radical (unpaired) electrons. The van der Waals surface area contributed by atoms with E-state index in [1.807, 2.05) is 26.2 Å². The predicted octanol–water partition coefficient (Wildman–Crippen LogP) is 2.86. The second kappa shape index (κ2) is 7.79. The van der Waals surface area contributed by atoms with Crippen LogP contribution in [0.2, 0.25) is 0 Å². The first-order valence-electron chi connectivity index (χ1n) is 7.91. The Morgan fingerprint density at radius 3 is 2.35 bits per heavy atom. The number of nitrogens with two attached hydrogens (primary N) is 1. The average molecular weight is 311 g/mol. The van der Waals surface area contributed by atoms with Gasteiger partial charge in [0.25, 0.3) is 5.91 Å². The van der Waals surface area contributed by atoms with E-state index in [0.717, 1.165) is 6.42 Å². The van der Waals surface area contributed by atoms with Crippen LogP contribution in [0.15, 0.2) is 48.5 Å². The van der Waals surface area contributed by atoms with Crippen molar-refractivity contribution in [2.45, 2.75) is 19.4 Å². The van der Waals surface area contributed by atoms with E-state index >= 15 is 0 Å². The largest absolute Gasteiger partial charge is 0.398 e. The van der Waals surface area contributed by atoms with E-state index in [-0.39, 0.29) is 11.9 Å². The van der Waals surface area contributed by atoms with E-state index in [1.165, 1.54) is 11.1 Å². The highest BCUT2D eigenvalue weighted by molar-refractivity contribution is 5.99. The zero-order valence-electron chi connectivity index (χ0n) is 14.0. The van der Waals surface area contributed by atoms with Crippen molar-refractivity contribution in [1.82, 2.24) is 10.2 Å². The summed E-state index contributed by atoms with van der Waals surface area (Å²) >= 11 is 0. The monoisotopic (exact) mass is 311 g/mol. The van der Waals surface area contributed by atoms with Gasteiger partial charge in [-0.25, -0.2) is 0 Å². The van der Waals surface area contributed by atoms with Crippen molar-refractivity contribution in [2.24, 2.45) is 0 Å². The lowest BCUT2D eigenvalue weighted by Gasteiger charge is -2.25. The number of rotatable bonds is 6. The Morgan fingerprint density at radius 2 is 1.78 bits per heavy atom. The first-order chi connectivity index (χ1) is 11.0. The van der Waals surface area contributed by atoms with Crippen LogP contribution in [0.25, 0.3) is 0 Å². The van der Waals surface area contributed by atoms with Crippen molar-refractivity contribution in [3.05, 3.63) is 65.2 Å². The Bertz CT molecular complexity index is 650. The van der Waals surface area contributed by atoms with Crippen molar-refractivity contribution in [1.29, 1.82) is 0 Å². The zero-order valence-corrected chi connectivity index (χ0v) is 14.0. The summed E-state index contributed by atoms with van der Waals surface area (Å²) in [6.45, 7) is 2.68. The third-order valence-electron chi connectivity index (χ3n) is 4.06. The summed E-state index contributed by atoms with van der Waals surface area (Å²) in [5.41, 5.74) is 9.38. The molecule has 1 amide bonds. The third kappa shape index (κ3) is 4.33. The van der Waals surface area contributed by atoms with Crippen LogP contribution < -0.4 is 11.1 Å². The highest BCUT2D eigenvalue weighted by atomic mass is 16.1. The summed E-state index contributed by atoms with van der Waals surface area (Å²) < 4.78 is 0. The quantitative estimate of drug-likeness (QED) is 0.807. The van der Waals surface area contributed by atoms with Gasteiger partial charge in [0.2, 0.25) is 0 Å². The van der Waals surface area contributed by atoms with Crippen molar-refractivity contribution >= 4 is 11.6 Å². The summed E-state index contributed by atoms with van der Waals surface area (Å²) in [4.78, 5) is 14.4. The number of carbonyl (C=O) groups is 1. The molecule has 4 nitrogen and oxygen atoms in total. The number of nitrogens with one attached hydrogen (secondary N) is 1. The van der Waals surface area contributed by atoms with Crippen LogP contribution in [0, 0.1) is 0 Å². The summed E-state index contributed by atoms with van der Waals surface area (Å²) in [6.07, 6.45) is 1.02. The van der Waals surface area contributed by atoms with Crippen LogP contribution in [-0.2, 0) is 6.42 Å². The molecular formula is C19H25N3O. The molecule has 0 aliphatic heterocycles. The van der Waals surface area contributed by atoms with Gasteiger partial charge in [-0.15, -0.1) is 0 Å². The maximum absolute atomic E-state index is 12.3. The van der Waals surface area contributed by atoms with E-state index in [0.29, 0.717) is 17.8 Å². The highest BCUT2D eigenvalue weighted by Gasteiger charge is 2.16. The number of amides is 1. The van der Waals surface area contributed by atoms with E-state index in [1.54, 1.807) is 12.1 Å². The average Bonchev–Trinajstić information content (AvgIpc) is 2.55. The number of aryl methyl sites for hydroxylation is 1. The van der Waals surface area contributed by atoms with E-state index in [4.69, 9.17) is 5.73 Å². The van der Waals surface area contributed by atoms with Gasteiger partial charge in [0.1, 0.15) is 0 Å².